The molecule has 0 spiro atoms. The van der Waals surface area contributed by atoms with E-state index in [4.69, 9.17) is 9.73 Å². The molecule has 2 heterocycles. The average Bonchev–Trinajstić information content (AvgIpc) is 2.99. The molecule has 0 unspecified atom stereocenters. The van der Waals surface area contributed by atoms with Crippen LogP contribution in [0.3, 0.4) is 0 Å². The molecule has 5 nitrogen and oxygen atoms in total. The molecule has 1 aromatic rings. The van der Waals surface area contributed by atoms with Crippen molar-refractivity contribution in [1.82, 2.24) is 10.2 Å². The normalized spacial score (nSPS) is 16.5. The first-order valence-electron chi connectivity index (χ1n) is 7.99. The van der Waals surface area contributed by atoms with Gasteiger partial charge in [0.15, 0.2) is 5.96 Å². The number of thiophene rings is 1. The number of hydrogen-bond acceptors (Lipinski definition) is 4. The lowest BCUT2D eigenvalue weighted by Gasteiger charge is -2.33. The number of halogens is 1. The third-order valence-electron chi connectivity index (χ3n) is 3.91. The molecule has 0 amide bonds. The lowest BCUT2D eigenvalue weighted by atomic mass is 9.97. The Kier molecular flexibility index (Phi) is 7.61. The van der Waals surface area contributed by atoms with Crippen LogP contribution in [0.5, 0.6) is 0 Å². The third-order valence-corrected chi connectivity index (χ3v) is 5.87. The number of nitrogens with one attached hydrogen (secondary N) is 1. The van der Waals surface area contributed by atoms with Crippen molar-refractivity contribution in [3.8, 4) is 0 Å². The highest BCUT2D eigenvalue weighted by atomic mass is 127. The van der Waals surface area contributed by atoms with Gasteiger partial charge in [0, 0.05) is 37.5 Å². The molecule has 0 saturated carbocycles. The van der Waals surface area contributed by atoms with Crippen molar-refractivity contribution in [2.24, 2.45) is 10.9 Å². The number of rotatable bonds is 5. The van der Waals surface area contributed by atoms with Crippen LogP contribution in [0.4, 0.5) is 0 Å². The number of piperidine rings is 1. The molecule has 0 radical (unpaired) electrons. The second kappa shape index (κ2) is 9.46. The van der Waals surface area contributed by atoms with E-state index in [9.17, 15) is 4.79 Å². The van der Waals surface area contributed by atoms with Crippen LogP contribution in [0.1, 0.15) is 24.6 Å². The molecule has 1 saturated heterocycles. The molecular weight excluding hydrogens is 425 g/mol. The van der Waals surface area contributed by atoms with Gasteiger partial charge < -0.3 is 15.0 Å². The Morgan fingerprint density at radius 3 is 2.78 bits per heavy atom. The monoisotopic (exact) mass is 449 g/mol. The number of ether oxygens (including phenoxy) is 1. The topological polar surface area (TPSA) is 53.9 Å². The Morgan fingerprint density at radius 2 is 2.22 bits per heavy atom. The van der Waals surface area contributed by atoms with Crippen LogP contribution in [0.15, 0.2) is 17.1 Å². The van der Waals surface area contributed by atoms with Crippen molar-refractivity contribution in [1.29, 1.82) is 0 Å². The molecule has 1 N–H and O–H groups in total. The zero-order chi connectivity index (χ0) is 16.7. The van der Waals surface area contributed by atoms with Crippen LogP contribution in [0, 0.1) is 8.80 Å². The third kappa shape index (κ3) is 5.63. The van der Waals surface area contributed by atoms with Crippen molar-refractivity contribution in [2.45, 2.75) is 26.2 Å². The number of likely N-dealkylation sites (tertiary alicyclic amines) is 1. The summed E-state index contributed by atoms with van der Waals surface area (Å²) < 4.78 is 6.16. The molecule has 0 aliphatic carbocycles. The Morgan fingerprint density at radius 1 is 1.48 bits per heavy atom. The molecule has 0 aromatic carbocycles. The molecule has 23 heavy (non-hydrogen) atoms. The zero-order valence-electron chi connectivity index (χ0n) is 13.7. The summed E-state index contributed by atoms with van der Waals surface area (Å²) in [4.78, 5) is 20.0. The predicted molar refractivity (Wildman–Crippen MR) is 103 cm³/mol. The number of carbonyl (C=O) groups is 1. The molecule has 1 aromatic heterocycles. The van der Waals surface area contributed by atoms with E-state index in [1.807, 2.05) is 11.3 Å². The van der Waals surface area contributed by atoms with Gasteiger partial charge in [0.1, 0.15) is 0 Å². The number of aliphatic imine (C=N–C) groups is 1. The first-order chi connectivity index (χ1) is 11.1. The number of methoxy groups -OCH3 is 1. The highest BCUT2D eigenvalue weighted by Gasteiger charge is 2.26. The second-order valence-electron chi connectivity index (χ2n) is 5.48. The molecule has 7 heteroatoms. The van der Waals surface area contributed by atoms with Gasteiger partial charge in [-0.05, 0) is 54.5 Å². The Labute approximate surface area is 155 Å². The molecular formula is C16H24IN3O2S. The van der Waals surface area contributed by atoms with E-state index in [1.54, 1.807) is 0 Å². The summed E-state index contributed by atoms with van der Waals surface area (Å²) in [5, 5.41) is 3.36. The Bertz CT molecular complexity index is 539. The lowest BCUT2D eigenvalue weighted by molar-refractivity contribution is -0.146. The van der Waals surface area contributed by atoms with Crippen LogP contribution >= 0.6 is 33.9 Å². The van der Waals surface area contributed by atoms with Crippen molar-refractivity contribution in [2.75, 3.05) is 33.3 Å². The van der Waals surface area contributed by atoms with E-state index < -0.39 is 0 Å². The summed E-state index contributed by atoms with van der Waals surface area (Å²) in [5.74, 6) is 0.910. The van der Waals surface area contributed by atoms with E-state index in [0.717, 1.165) is 51.4 Å². The number of guanidine groups is 1. The molecule has 0 atom stereocenters. The number of hydrogen-bond donors (Lipinski definition) is 1. The molecule has 1 fully saturated rings. The van der Waals surface area contributed by atoms with Gasteiger partial charge in [-0.1, -0.05) is 0 Å². The van der Waals surface area contributed by atoms with Crippen LogP contribution in [-0.4, -0.2) is 50.1 Å². The molecule has 128 valence electrons. The molecule has 1 aliphatic heterocycles. The maximum Gasteiger partial charge on any atom is 0.308 e. The fourth-order valence-corrected chi connectivity index (χ4v) is 4.42. The molecule has 1 aliphatic rings. The van der Waals surface area contributed by atoms with E-state index in [2.05, 4.69) is 51.9 Å². The van der Waals surface area contributed by atoms with Crippen molar-refractivity contribution < 1.29 is 9.53 Å². The van der Waals surface area contributed by atoms with Gasteiger partial charge in [0.2, 0.25) is 0 Å². The predicted octanol–water partition coefficient (Wildman–Crippen LogP) is 2.75. The first-order valence-corrected chi connectivity index (χ1v) is 9.88. The lowest BCUT2D eigenvalue weighted by Crippen LogP contribution is -2.46. The van der Waals surface area contributed by atoms with Crippen LogP contribution < -0.4 is 5.32 Å². The standard InChI is InChI=1S/C16H24IN3O2S/c1-3-18-16(19-9-6-13-4-5-14(17)23-13)20-10-7-12(8-11-20)15(21)22-2/h4-5,12H,3,6-11H2,1-2H3,(H,18,19). The summed E-state index contributed by atoms with van der Waals surface area (Å²) in [5.41, 5.74) is 0. The highest BCUT2D eigenvalue weighted by molar-refractivity contribution is 14.1. The summed E-state index contributed by atoms with van der Waals surface area (Å²) >= 11 is 4.18. The van der Waals surface area contributed by atoms with Gasteiger partial charge in [-0.3, -0.25) is 9.79 Å². The maximum atomic E-state index is 11.6. The van der Waals surface area contributed by atoms with Crippen molar-refractivity contribution in [3.05, 3.63) is 19.9 Å². The summed E-state index contributed by atoms with van der Waals surface area (Å²) in [7, 11) is 1.46. The minimum atomic E-state index is -0.0844. The Balaban J connectivity index is 1.88. The van der Waals surface area contributed by atoms with Crippen molar-refractivity contribution in [3.63, 3.8) is 0 Å². The summed E-state index contributed by atoms with van der Waals surface area (Å²) in [6.45, 7) is 5.42. The number of nitrogens with zero attached hydrogens (tertiary/aromatic N) is 2. The van der Waals surface area contributed by atoms with Gasteiger partial charge in [0.05, 0.1) is 15.9 Å². The van der Waals surface area contributed by atoms with Crippen LogP contribution in [0.2, 0.25) is 0 Å². The van der Waals surface area contributed by atoms with E-state index in [0.29, 0.717) is 0 Å². The molecule has 0 bridgehead atoms. The second-order valence-corrected chi connectivity index (χ2v) is 8.54. The van der Waals surface area contributed by atoms with Gasteiger partial charge in [-0.2, -0.15) is 0 Å². The largest absolute Gasteiger partial charge is 0.469 e. The van der Waals surface area contributed by atoms with Gasteiger partial charge in [-0.25, -0.2) is 0 Å². The smallest absolute Gasteiger partial charge is 0.308 e. The minimum absolute atomic E-state index is 0.0346. The first kappa shape index (κ1) is 18.5. The highest BCUT2D eigenvalue weighted by Crippen LogP contribution is 2.20. The van der Waals surface area contributed by atoms with Gasteiger partial charge >= 0.3 is 5.97 Å². The zero-order valence-corrected chi connectivity index (χ0v) is 16.7. The molecule has 2 rings (SSSR count). The quantitative estimate of drug-likeness (QED) is 0.325. The van der Waals surface area contributed by atoms with Crippen LogP contribution in [-0.2, 0) is 16.0 Å². The van der Waals surface area contributed by atoms with Gasteiger partial charge in [-0.15, -0.1) is 11.3 Å². The van der Waals surface area contributed by atoms with E-state index in [-0.39, 0.29) is 11.9 Å². The maximum absolute atomic E-state index is 11.6. The Hall–Kier alpha value is -0.830. The fraction of sp³-hybridized carbons (Fsp3) is 0.625. The number of esters is 1. The SMILES string of the molecule is CCNC(=NCCc1ccc(I)s1)N1CCC(C(=O)OC)CC1. The van der Waals surface area contributed by atoms with Crippen molar-refractivity contribution >= 4 is 45.9 Å². The minimum Gasteiger partial charge on any atom is -0.469 e. The fourth-order valence-electron chi connectivity index (χ4n) is 2.68. The van der Waals surface area contributed by atoms with E-state index in [1.165, 1.54) is 14.9 Å². The number of carbonyl (C=O) groups excluding carboxylic acids is 1. The van der Waals surface area contributed by atoms with E-state index >= 15 is 0 Å². The van der Waals surface area contributed by atoms with Crippen LogP contribution in [0.25, 0.3) is 0 Å². The summed E-state index contributed by atoms with van der Waals surface area (Å²) in [6, 6.07) is 4.32. The summed E-state index contributed by atoms with van der Waals surface area (Å²) in [6.07, 6.45) is 2.64. The average molecular weight is 449 g/mol. The van der Waals surface area contributed by atoms with Gasteiger partial charge in [0.25, 0.3) is 0 Å².